The van der Waals surface area contributed by atoms with Gasteiger partial charge in [0.2, 0.25) is 0 Å². The van der Waals surface area contributed by atoms with Crippen LogP contribution in [-0.4, -0.2) is 25.7 Å². The Morgan fingerprint density at radius 1 is 1.25 bits per heavy atom. The second kappa shape index (κ2) is 9.37. The highest BCUT2D eigenvalue weighted by Gasteiger charge is 2.11. The molecule has 0 fully saturated rings. The molecule has 0 unspecified atom stereocenters. The van der Waals surface area contributed by atoms with Crippen LogP contribution in [-0.2, 0) is 16.1 Å². The Bertz CT molecular complexity index is 429. The molecule has 20 heavy (non-hydrogen) atoms. The molecule has 1 aromatic rings. The van der Waals surface area contributed by atoms with Gasteiger partial charge in [-0.05, 0) is 69.4 Å². The zero-order chi connectivity index (χ0) is 15.0. The molecule has 1 rings (SSSR count). The van der Waals surface area contributed by atoms with Gasteiger partial charge >= 0.3 is 5.97 Å². The molecule has 0 saturated carbocycles. The highest BCUT2D eigenvalue weighted by molar-refractivity contribution is 9.11. The van der Waals surface area contributed by atoms with Gasteiger partial charge in [0, 0.05) is 6.54 Å². The van der Waals surface area contributed by atoms with Crippen molar-refractivity contribution in [2.75, 3.05) is 19.8 Å². The quantitative estimate of drug-likeness (QED) is 0.526. The topological polar surface area (TPSA) is 47.6 Å². The molecule has 4 nitrogen and oxygen atoms in total. The van der Waals surface area contributed by atoms with Crippen molar-refractivity contribution < 1.29 is 14.3 Å². The molecule has 0 aliphatic carbocycles. The van der Waals surface area contributed by atoms with E-state index in [4.69, 9.17) is 9.47 Å². The summed E-state index contributed by atoms with van der Waals surface area (Å²) in [5, 5.41) is 3.34. The molecular formula is C14H19Br2NO3. The maximum Gasteiger partial charge on any atom is 0.344 e. The fourth-order valence-corrected chi connectivity index (χ4v) is 3.11. The summed E-state index contributed by atoms with van der Waals surface area (Å²) in [7, 11) is 0. The Labute approximate surface area is 136 Å². The first kappa shape index (κ1) is 17.5. The summed E-state index contributed by atoms with van der Waals surface area (Å²) in [5.74, 6) is 0.234. The lowest BCUT2D eigenvalue weighted by molar-refractivity contribution is -0.145. The number of carbonyl (C=O) groups is 1. The Morgan fingerprint density at radius 3 is 2.45 bits per heavy atom. The number of esters is 1. The summed E-state index contributed by atoms with van der Waals surface area (Å²) in [5.41, 5.74) is 1.14. The van der Waals surface area contributed by atoms with Crippen LogP contribution < -0.4 is 10.1 Å². The van der Waals surface area contributed by atoms with Crippen LogP contribution in [0.25, 0.3) is 0 Å². The zero-order valence-corrected chi connectivity index (χ0v) is 14.8. The van der Waals surface area contributed by atoms with Gasteiger partial charge in [0.05, 0.1) is 15.6 Å². The monoisotopic (exact) mass is 407 g/mol. The predicted molar refractivity (Wildman–Crippen MR) is 86.0 cm³/mol. The molecule has 1 aromatic carbocycles. The summed E-state index contributed by atoms with van der Waals surface area (Å²) in [6, 6.07) is 3.96. The van der Waals surface area contributed by atoms with Crippen molar-refractivity contribution in [3.63, 3.8) is 0 Å². The molecule has 6 heteroatoms. The summed E-state index contributed by atoms with van der Waals surface area (Å²) < 4.78 is 11.9. The maximum absolute atomic E-state index is 11.3. The lowest BCUT2D eigenvalue weighted by Gasteiger charge is -2.12. The molecule has 0 aliphatic rings. The first-order chi connectivity index (χ1) is 9.58. The van der Waals surface area contributed by atoms with E-state index in [2.05, 4.69) is 44.1 Å². The molecule has 0 aromatic heterocycles. The molecule has 0 amide bonds. The fraction of sp³-hybridized carbons (Fsp3) is 0.500. The largest absolute Gasteiger partial charge is 0.480 e. The number of hydrogen-bond donors (Lipinski definition) is 1. The molecule has 0 heterocycles. The Morgan fingerprint density at radius 2 is 1.90 bits per heavy atom. The third kappa shape index (κ3) is 5.81. The van der Waals surface area contributed by atoms with E-state index in [-0.39, 0.29) is 12.6 Å². The van der Waals surface area contributed by atoms with Gasteiger partial charge in [-0.15, -0.1) is 0 Å². The van der Waals surface area contributed by atoms with Crippen LogP contribution in [0.15, 0.2) is 21.1 Å². The van der Waals surface area contributed by atoms with Gasteiger partial charge in [-0.3, -0.25) is 0 Å². The molecule has 0 bridgehead atoms. The van der Waals surface area contributed by atoms with E-state index in [9.17, 15) is 4.79 Å². The van der Waals surface area contributed by atoms with E-state index < -0.39 is 0 Å². The minimum atomic E-state index is -0.375. The van der Waals surface area contributed by atoms with E-state index in [0.717, 1.165) is 34.0 Å². The van der Waals surface area contributed by atoms with Gasteiger partial charge in [-0.2, -0.15) is 0 Å². The van der Waals surface area contributed by atoms with Crippen LogP contribution in [0.1, 0.15) is 25.8 Å². The number of hydrogen-bond acceptors (Lipinski definition) is 4. The highest BCUT2D eigenvalue weighted by atomic mass is 79.9. The van der Waals surface area contributed by atoms with Gasteiger partial charge in [0.25, 0.3) is 0 Å². The Balaban J connectivity index is 2.66. The second-order valence-electron chi connectivity index (χ2n) is 4.16. The Hall–Kier alpha value is -0.590. The van der Waals surface area contributed by atoms with Gasteiger partial charge in [-0.1, -0.05) is 6.92 Å². The summed E-state index contributed by atoms with van der Waals surface area (Å²) in [6.07, 6.45) is 1.10. The van der Waals surface area contributed by atoms with E-state index in [1.165, 1.54) is 0 Å². The van der Waals surface area contributed by atoms with Crippen LogP contribution in [0.5, 0.6) is 5.75 Å². The number of ether oxygens (including phenoxy) is 2. The SMILES string of the molecule is CCCNCc1cc(Br)c(OCC(=O)OCC)c(Br)c1. The van der Waals surface area contributed by atoms with Crippen molar-refractivity contribution in [3.05, 3.63) is 26.6 Å². The van der Waals surface area contributed by atoms with Crippen LogP contribution >= 0.6 is 31.9 Å². The summed E-state index contributed by atoms with van der Waals surface area (Å²) in [4.78, 5) is 11.3. The van der Waals surface area contributed by atoms with Crippen molar-refractivity contribution in [2.24, 2.45) is 0 Å². The number of carbonyl (C=O) groups excluding carboxylic acids is 1. The number of benzene rings is 1. The average Bonchev–Trinajstić information content (AvgIpc) is 2.38. The van der Waals surface area contributed by atoms with Gasteiger partial charge < -0.3 is 14.8 Å². The molecule has 0 saturated heterocycles. The molecule has 112 valence electrons. The Kier molecular flexibility index (Phi) is 8.18. The van der Waals surface area contributed by atoms with Gasteiger partial charge in [0.15, 0.2) is 6.61 Å². The number of nitrogens with one attached hydrogen (secondary N) is 1. The van der Waals surface area contributed by atoms with Crippen LogP contribution in [0.2, 0.25) is 0 Å². The van der Waals surface area contributed by atoms with E-state index in [1.807, 2.05) is 12.1 Å². The fourth-order valence-electron chi connectivity index (χ4n) is 1.60. The van der Waals surface area contributed by atoms with E-state index >= 15 is 0 Å². The van der Waals surface area contributed by atoms with Crippen molar-refractivity contribution >= 4 is 37.8 Å². The first-order valence-corrected chi connectivity index (χ1v) is 8.14. The molecule has 0 atom stereocenters. The first-order valence-electron chi connectivity index (χ1n) is 6.55. The van der Waals surface area contributed by atoms with E-state index in [1.54, 1.807) is 6.92 Å². The highest BCUT2D eigenvalue weighted by Crippen LogP contribution is 2.34. The standard InChI is InChI=1S/C14H19Br2NO3/c1-3-5-17-8-10-6-11(15)14(12(16)7-10)20-9-13(18)19-4-2/h6-7,17H,3-5,8-9H2,1-2H3. The molecular weight excluding hydrogens is 390 g/mol. The lowest BCUT2D eigenvalue weighted by atomic mass is 10.2. The zero-order valence-electron chi connectivity index (χ0n) is 11.7. The molecule has 1 N–H and O–H groups in total. The molecule has 0 radical (unpaired) electrons. The second-order valence-corrected chi connectivity index (χ2v) is 5.87. The smallest absolute Gasteiger partial charge is 0.344 e. The summed E-state index contributed by atoms with van der Waals surface area (Å²) >= 11 is 6.92. The van der Waals surface area contributed by atoms with Crippen molar-refractivity contribution in [1.82, 2.24) is 5.32 Å². The maximum atomic E-state index is 11.3. The third-order valence-electron chi connectivity index (χ3n) is 2.45. The predicted octanol–water partition coefficient (Wildman–Crippen LogP) is 3.65. The minimum Gasteiger partial charge on any atom is -0.480 e. The van der Waals surface area contributed by atoms with Crippen LogP contribution in [0.4, 0.5) is 0 Å². The van der Waals surface area contributed by atoms with Crippen LogP contribution in [0, 0.1) is 0 Å². The van der Waals surface area contributed by atoms with Crippen molar-refractivity contribution in [3.8, 4) is 5.75 Å². The molecule has 0 aliphatic heterocycles. The van der Waals surface area contributed by atoms with Crippen LogP contribution in [0.3, 0.4) is 0 Å². The average molecular weight is 409 g/mol. The minimum absolute atomic E-state index is 0.0987. The van der Waals surface area contributed by atoms with Gasteiger partial charge in [-0.25, -0.2) is 4.79 Å². The summed E-state index contributed by atoms with van der Waals surface area (Å²) in [6.45, 7) is 5.93. The lowest BCUT2D eigenvalue weighted by Crippen LogP contribution is -2.16. The number of rotatable bonds is 8. The van der Waals surface area contributed by atoms with Crippen molar-refractivity contribution in [1.29, 1.82) is 0 Å². The number of halogens is 2. The third-order valence-corrected chi connectivity index (χ3v) is 3.63. The van der Waals surface area contributed by atoms with E-state index in [0.29, 0.717) is 12.4 Å². The van der Waals surface area contributed by atoms with Crippen molar-refractivity contribution in [2.45, 2.75) is 26.8 Å². The van der Waals surface area contributed by atoms with Gasteiger partial charge in [0.1, 0.15) is 5.75 Å². The molecule has 0 spiro atoms. The normalized spacial score (nSPS) is 10.4.